The second-order valence-electron chi connectivity index (χ2n) is 4.84. The Morgan fingerprint density at radius 1 is 1.05 bits per heavy atom. The molecule has 2 aromatic rings. The zero-order valence-electron chi connectivity index (χ0n) is 11.0. The molecule has 0 amide bonds. The Bertz CT molecular complexity index is 482. The summed E-state index contributed by atoms with van der Waals surface area (Å²) < 4.78 is 0. The van der Waals surface area contributed by atoms with E-state index in [0.29, 0.717) is 0 Å². The van der Waals surface area contributed by atoms with E-state index in [4.69, 9.17) is 0 Å². The van der Waals surface area contributed by atoms with Crippen LogP contribution in [0.25, 0.3) is 0 Å². The summed E-state index contributed by atoms with van der Waals surface area (Å²) in [6.07, 6.45) is 6.72. The van der Waals surface area contributed by atoms with Crippen molar-refractivity contribution in [1.82, 2.24) is 19.9 Å². The molecule has 1 N–H and O–H groups in total. The Kier molecular flexibility index (Phi) is 3.74. The molecule has 0 aliphatic carbocycles. The molecule has 1 aliphatic rings. The topological polar surface area (TPSA) is 48.0 Å². The van der Waals surface area contributed by atoms with Crippen molar-refractivity contribution in [3.63, 3.8) is 0 Å². The number of nitrogens with one attached hydrogen (secondary N) is 1. The molecule has 0 atom stereocenters. The van der Waals surface area contributed by atoms with E-state index in [1.807, 2.05) is 30.7 Å². The predicted octanol–water partition coefficient (Wildman–Crippen LogP) is 1.52. The summed E-state index contributed by atoms with van der Waals surface area (Å²) >= 11 is 0. The van der Waals surface area contributed by atoms with E-state index in [-0.39, 0.29) is 0 Å². The highest BCUT2D eigenvalue weighted by Gasteiger charge is 2.16. The standard InChI is InChI=1S/C14H19N5/c1-2-5-17-14(4-1)19-9-3-8-18(10-11-19)12-13-15-6-7-16-13/h1-2,4-7H,3,8-12H2,(H,15,16). The van der Waals surface area contributed by atoms with Crippen LogP contribution in [0.3, 0.4) is 0 Å². The first-order chi connectivity index (χ1) is 9.42. The number of rotatable bonds is 3. The summed E-state index contributed by atoms with van der Waals surface area (Å²) in [6, 6.07) is 6.10. The number of pyridine rings is 1. The van der Waals surface area contributed by atoms with Crippen molar-refractivity contribution in [1.29, 1.82) is 0 Å². The molecule has 5 nitrogen and oxygen atoms in total. The quantitative estimate of drug-likeness (QED) is 0.905. The smallest absolute Gasteiger partial charge is 0.128 e. The van der Waals surface area contributed by atoms with E-state index in [0.717, 1.165) is 50.8 Å². The van der Waals surface area contributed by atoms with Crippen LogP contribution in [0.5, 0.6) is 0 Å². The van der Waals surface area contributed by atoms with Crippen molar-refractivity contribution in [3.8, 4) is 0 Å². The highest BCUT2D eigenvalue weighted by atomic mass is 15.2. The predicted molar refractivity (Wildman–Crippen MR) is 74.9 cm³/mol. The van der Waals surface area contributed by atoms with Crippen LogP contribution in [0.2, 0.25) is 0 Å². The van der Waals surface area contributed by atoms with E-state index in [1.165, 1.54) is 0 Å². The van der Waals surface area contributed by atoms with Crippen LogP contribution >= 0.6 is 0 Å². The summed E-state index contributed by atoms with van der Waals surface area (Å²) in [7, 11) is 0. The summed E-state index contributed by atoms with van der Waals surface area (Å²) in [5.74, 6) is 2.13. The van der Waals surface area contributed by atoms with Gasteiger partial charge in [0.1, 0.15) is 11.6 Å². The molecular formula is C14H19N5. The van der Waals surface area contributed by atoms with Crippen LogP contribution in [0.1, 0.15) is 12.2 Å². The number of hydrogen-bond acceptors (Lipinski definition) is 4. The van der Waals surface area contributed by atoms with Crippen LogP contribution in [0.4, 0.5) is 5.82 Å². The minimum Gasteiger partial charge on any atom is -0.355 e. The molecule has 0 radical (unpaired) electrons. The lowest BCUT2D eigenvalue weighted by Gasteiger charge is -2.22. The summed E-state index contributed by atoms with van der Waals surface area (Å²) in [4.78, 5) is 16.7. The van der Waals surface area contributed by atoms with Gasteiger partial charge in [-0.1, -0.05) is 6.07 Å². The van der Waals surface area contributed by atoms with Crippen LogP contribution < -0.4 is 4.90 Å². The number of imidazole rings is 1. The molecule has 1 fully saturated rings. The molecule has 3 rings (SSSR count). The van der Waals surface area contributed by atoms with Gasteiger partial charge in [0.2, 0.25) is 0 Å². The van der Waals surface area contributed by atoms with Crippen molar-refractivity contribution in [2.45, 2.75) is 13.0 Å². The maximum atomic E-state index is 4.43. The number of nitrogens with zero attached hydrogens (tertiary/aromatic N) is 4. The van der Waals surface area contributed by atoms with E-state index in [9.17, 15) is 0 Å². The van der Waals surface area contributed by atoms with Crippen LogP contribution in [-0.2, 0) is 6.54 Å². The lowest BCUT2D eigenvalue weighted by Crippen LogP contribution is -2.31. The lowest BCUT2D eigenvalue weighted by molar-refractivity contribution is 0.279. The molecular weight excluding hydrogens is 238 g/mol. The minimum atomic E-state index is 0.906. The lowest BCUT2D eigenvalue weighted by atomic mass is 10.3. The van der Waals surface area contributed by atoms with Crippen molar-refractivity contribution in [2.24, 2.45) is 0 Å². The maximum Gasteiger partial charge on any atom is 0.128 e. The molecule has 0 unspecified atom stereocenters. The number of anilines is 1. The van der Waals surface area contributed by atoms with Gasteiger partial charge in [-0.3, -0.25) is 4.90 Å². The SMILES string of the molecule is c1ccc(N2CCCN(Cc3ncc[nH]3)CC2)nc1. The molecule has 0 spiro atoms. The van der Waals surface area contributed by atoms with E-state index < -0.39 is 0 Å². The third-order valence-corrected chi connectivity index (χ3v) is 3.49. The third-order valence-electron chi connectivity index (χ3n) is 3.49. The van der Waals surface area contributed by atoms with E-state index in [1.54, 1.807) is 0 Å². The highest BCUT2D eigenvalue weighted by Crippen LogP contribution is 2.13. The van der Waals surface area contributed by atoms with Crippen LogP contribution in [0, 0.1) is 0 Å². The Hall–Kier alpha value is -1.88. The van der Waals surface area contributed by atoms with Crippen LogP contribution in [-0.4, -0.2) is 46.0 Å². The summed E-state index contributed by atoms with van der Waals surface area (Å²) in [5, 5.41) is 0. The monoisotopic (exact) mass is 257 g/mol. The molecule has 3 heterocycles. The molecule has 0 bridgehead atoms. The van der Waals surface area contributed by atoms with Gasteiger partial charge in [0, 0.05) is 44.8 Å². The van der Waals surface area contributed by atoms with Crippen molar-refractivity contribution < 1.29 is 0 Å². The second-order valence-corrected chi connectivity index (χ2v) is 4.84. The Morgan fingerprint density at radius 3 is 2.84 bits per heavy atom. The molecule has 100 valence electrons. The zero-order valence-corrected chi connectivity index (χ0v) is 11.0. The molecule has 0 saturated carbocycles. The zero-order chi connectivity index (χ0) is 12.9. The van der Waals surface area contributed by atoms with Gasteiger partial charge in [0.05, 0.1) is 6.54 Å². The Labute approximate surface area is 113 Å². The second kappa shape index (κ2) is 5.84. The average molecular weight is 257 g/mol. The van der Waals surface area contributed by atoms with Gasteiger partial charge in [-0.2, -0.15) is 0 Å². The molecule has 1 aliphatic heterocycles. The molecule has 2 aromatic heterocycles. The highest BCUT2D eigenvalue weighted by molar-refractivity contribution is 5.37. The number of hydrogen-bond donors (Lipinski definition) is 1. The first-order valence-corrected chi connectivity index (χ1v) is 6.78. The van der Waals surface area contributed by atoms with Crippen molar-refractivity contribution in [2.75, 3.05) is 31.1 Å². The largest absolute Gasteiger partial charge is 0.355 e. The van der Waals surface area contributed by atoms with Crippen molar-refractivity contribution >= 4 is 5.82 Å². The van der Waals surface area contributed by atoms with Gasteiger partial charge in [-0.15, -0.1) is 0 Å². The van der Waals surface area contributed by atoms with Crippen LogP contribution in [0.15, 0.2) is 36.8 Å². The average Bonchev–Trinajstić information content (AvgIpc) is 2.85. The fraction of sp³-hybridized carbons (Fsp3) is 0.429. The summed E-state index contributed by atoms with van der Waals surface area (Å²) in [6.45, 7) is 5.17. The first kappa shape index (κ1) is 12.2. The molecule has 19 heavy (non-hydrogen) atoms. The van der Waals surface area contributed by atoms with E-state index >= 15 is 0 Å². The third kappa shape index (κ3) is 3.12. The van der Waals surface area contributed by atoms with Gasteiger partial charge in [0.15, 0.2) is 0 Å². The fourth-order valence-electron chi connectivity index (χ4n) is 2.50. The Morgan fingerprint density at radius 2 is 2.05 bits per heavy atom. The van der Waals surface area contributed by atoms with E-state index in [2.05, 4.69) is 30.8 Å². The molecule has 1 saturated heterocycles. The normalized spacial score (nSPS) is 17.4. The number of aromatic nitrogens is 3. The number of aromatic amines is 1. The molecule has 0 aromatic carbocycles. The first-order valence-electron chi connectivity index (χ1n) is 6.78. The van der Waals surface area contributed by atoms with Crippen molar-refractivity contribution in [3.05, 3.63) is 42.6 Å². The summed E-state index contributed by atoms with van der Waals surface area (Å²) in [5.41, 5.74) is 0. The maximum absolute atomic E-state index is 4.43. The van der Waals surface area contributed by atoms with Gasteiger partial charge in [0.25, 0.3) is 0 Å². The van der Waals surface area contributed by atoms with Gasteiger partial charge in [-0.05, 0) is 18.6 Å². The minimum absolute atomic E-state index is 0.906. The molecule has 5 heteroatoms. The van der Waals surface area contributed by atoms with Gasteiger partial charge in [-0.25, -0.2) is 9.97 Å². The van der Waals surface area contributed by atoms with Gasteiger partial charge < -0.3 is 9.88 Å². The number of H-pyrrole nitrogens is 1. The Balaban J connectivity index is 1.60. The fourth-order valence-corrected chi connectivity index (χ4v) is 2.50. The van der Waals surface area contributed by atoms with Gasteiger partial charge >= 0.3 is 0 Å².